The van der Waals surface area contributed by atoms with E-state index in [-0.39, 0.29) is 11.5 Å². The first-order valence-corrected chi connectivity index (χ1v) is 10.8. The van der Waals surface area contributed by atoms with Crippen LogP contribution < -0.4 is 4.31 Å². The van der Waals surface area contributed by atoms with Crippen molar-refractivity contribution < 1.29 is 17.9 Å². The highest BCUT2D eigenvalue weighted by Crippen LogP contribution is 2.30. The highest BCUT2D eigenvalue weighted by Gasteiger charge is 2.28. The number of aromatic nitrogens is 1. The van der Waals surface area contributed by atoms with E-state index >= 15 is 0 Å². The van der Waals surface area contributed by atoms with Gasteiger partial charge in [-0.25, -0.2) is 13.4 Å². The molecule has 0 radical (unpaired) electrons. The standard InChI is InChI=1S/C18H17ClN2O4S2/c1-3-25-18(22)11-21(27(23,24)15-7-4-13(19)5-8-15)14-6-9-16-17(10-14)26-12(2)20-16/h4-10H,3,11H2,1-2H3. The van der Waals surface area contributed by atoms with Crippen LogP contribution in [-0.4, -0.2) is 32.5 Å². The molecule has 1 aromatic heterocycles. The molecule has 1 heterocycles. The molecule has 0 aliphatic rings. The number of thiazole rings is 1. The number of esters is 1. The van der Waals surface area contributed by atoms with Crippen LogP contribution in [0.3, 0.4) is 0 Å². The van der Waals surface area contributed by atoms with Gasteiger partial charge in [0.25, 0.3) is 10.0 Å². The fraction of sp³-hybridized carbons (Fsp3) is 0.222. The van der Waals surface area contributed by atoms with Crippen molar-refractivity contribution in [3.63, 3.8) is 0 Å². The quantitative estimate of drug-likeness (QED) is 0.558. The SMILES string of the molecule is CCOC(=O)CN(c1ccc2nc(C)sc2c1)S(=O)(=O)c1ccc(Cl)cc1. The first kappa shape index (κ1) is 19.6. The number of hydrogen-bond acceptors (Lipinski definition) is 6. The molecule has 0 unspecified atom stereocenters. The summed E-state index contributed by atoms with van der Waals surface area (Å²) in [7, 11) is -3.99. The van der Waals surface area contributed by atoms with Gasteiger partial charge >= 0.3 is 5.97 Å². The van der Waals surface area contributed by atoms with E-state index in [1.807, 2.05) is 6.92 Å². The number of sulfonamides is 1. The van der Waals surface area contributed by atoms with Crippen LogP contribution in [0.25, 0.3) is 10.2 Å². The van der Waals surface area contributed by atoms with Gasteiger partial charge in [-0.2, -0.15) is 0 Å². The second-order valence-electron chi connectivity index (χ2n) is 5.66. The van der Waals surface area contributed by atoms with E-state index in [2.05, 4.69) is 4.98 Å². The highest BCUT2D eigenvalue weighted by atomic mass is 35.5. The van der Waals surface area contributed by atoms with Gasteiger partial charge in [0.15, 0.2) is 0 Å². The molecule has 0 bridgehead atoms. The zero-order chi connectivity index (χ0) is 19.6. The molecular formula is C18H17ClN2O4S2. The summed E-state index contributed by atoms with van der Waals surface area (Å²) in [6.45, 7) is 3.29. The van der Waals surface area contributed by atoms with Gasteiger partial charge in [0.1, 0.15) is 6.54 Å². The van der Waals surface area contributed by atoms with Crippen molar-refractivity contribution in [3.05, 3.63) is 52.5 Å². The Morgan fingerprint density at radius 3 is 2.59 bits per heavy atom. The number of halogens is 1. The Morgan fingerprint density at radius 1 is 1.22 bits per heavy atom. The lowest BCUT2D eigenvalue weighted by Gasteiger charge is -2.23. The number of benzene rings is 2. The van der Waals surface area contributed by atoms with Crippen molar-refractivity contribution in [2.24, 2.45) is 0 Å². The second-order valence-corrected chi connectivity index (χ2v) is 9.19. The minimum absolute atomic E-state index is 0.0387. The number of carbonyl (C=O) groups is 1. The minimum atomic E-state index is -3.99. The average molecular weight is 425 g/mol. The largest absolute Gasteiger partial charge is 0.465 e. The molecule has 2 aromatic carbocycles. The lowest BCUT2D eigenvalue weighted by molar-refractivity contribution is -0.141. The summed E-state index contributed by atoms with van der Waals surface area (Å²) in [5.41, 5.74) is 1.15. The van der Waals surface area contributed by atoms with Crippen molar-refractivity contribution in [1.82, 2.24) is 4.98 Å². The first-order chi connectivity index (χ1) is 12.8. The third-order valence-electron chi connectivity index (χ3n) is 3.75. The fourth-order valence-corrected chi connectivity index (χ4v) is 4.94. The van der Waals surface area contributed by atoms with E-state index < -0.39 is 22.5 Å². The zero-order valence-electron chi connectivity index (χ0n) is 14.7. The van der Waals surface area contributed by atoms with Crippen molar-refractivity contribution in [2.45, 2.75) is 18.7 Å². The summed E-state index contributed by atoms with van der Waals surface area (Å²) in [6, 6.07) is 10.9. The monoisotopic (exact) mass is 424 g/mol. The topological polar surface area (TPSA) is 76.6 Å². The summed E-state index contributed by atoms with van der Waals surface area (Å²) in [5, 5.41) is 1.30. The summed E-state index contributed by atoms with van der Waals surface area (Å²) >= 11 is 7.32. The number of ether oxygens (including phenoxy) is 1. The van der Waals surface area contributed by atoms with Gasteiger partial charge in [-0.05, 0) is 56.3 Å². The molecule has 6 nitrogen and oxygen atoms in total. The molecule has 3 aromatic rings. The van der Waals surface area contributed by atoms with Gasteiger partial charge in [0.05, 0.1) is 32.4 Å². The van der Waals surface area contributed by atoms with Crippen LogP contribution in [0, 0.1) is 6.92 Å². The maximum atomic E-state index is 13.2. The van der Waals surface area contributed by atoms with E-state index in [1.165, 1.54) is 35.6 Å². The molecule has 0 saturated heterocycles. The van der Waals surface area contributed by atoms with Crippen LogP contribution in [-0.2, 0) is 19.6 Å². The summed E-state index contributed by atoms with van der Waals surface area (Å²) in [4.78, 5) is 16.5. The third kappa shape index (κ3) is 4.23. The van der Waals surface area contributed by atoms with E-state index in [0.29, 0.717) is 10.7 Å². The van der Waals surface area contributed by atoms with Crippen LogP contribution in [0.2, 0.25) is 5.02 Å². The average Bonchev–Trinajstić information content (AvgIpc) is 2.99. The molecule has 0 spiro atoms. The molecule has 0 amide bonds. The van der Waals surface area contributed by atoms with Gasteiger partial charge in [-0.3, -0.25) is 9.10 Å². The van der Waals surface area contributed by atoms with E-state index in [4.69, 9.17) is 16.3 Å². The van der Waals surface area contributed by atoms with Gasteiger partial charge < -0.3 is 4.74 Å². The molecule has 142 valence electrons. The molecule has 0 aliphatic carbocycles. The number of hydrogen-bond donors (Lipinski definition) is 0. The van der Waals surface area contributed by atoms with Gasteiger partial charge in [0.2, 0.25) is 0 Å². The number of nitrogens with zero attached hydrogens (tertiary/aromatic N) is 2. The molecule has 27 heavy (non-hydrogen) atoms. The van der Waals surface area contributed by atoms with Crippen LogP contribution in [0.15, 0.2) is 47.4 Å². The molecular weight excluding hydrogens is 408 g/mol. The Labute approximate surface area is 166 Å². The van der Waals surface area contributed by atoms with E-state index in [0.717, 1.165) is 19.5 Å². The summed E-state index contributed by atoms with van der Waals surface area (Å²) in [5.74, 6) is -0.629. The van der Waals surface area contributed by atoms with Gasteiger partial charge in [-0.1, -0.05) is 11.6 Å². The third-order valence-corrected chi connectivity index (χ3v) is 6.72. The van der Waals surface area contributed by atoms with Crippen LogP contribution >= 0.6 is 22.9 Å². The maximum Gasteiger partial charge on any atom is 0.326 e. The smallest absolute Gasteiger partial charge is 0.326 e. The van der Waals surface area contributed by atoms with E-state index in [1.54, 1.807) is 25.1 Å². The number of rotatable bonds is 6. The summed E-state index contributed by atoms with van der Waals surface area (Å²) in [6.07, 6.45) is 0. The van der Waals surface area contributed by atoms with E-state index in [9.17, 15) is 13.2 Å². The fourth-order valence-electron chi connectivity index (χ4n) is 2.56. The molecule has 3 rings (SSSR count). The molecule has 0 atom stereocenters. The lowest BCUT2D eigenvalue weighted by atomic mass is 10.3. The second kappa shape index (κ2) is 7.84. The molecule has 0 N–H and O–H groups in total. The maximum absolute atomic E-state index is 13.2. The van der Waals surface area contributed by atoms with Crippen molar-refractivity contribution in [1.29, 1.82) is 0 Å². The molecule has 9 heteroatoms. The Balaban J connectivity index is 2.08. The predicted octanol–water partition coefficient (Wildman–Crippen LogP) is 4.02. The van der Waals surface area contributed by atoms with Crippen LogP contribution in [0.4, 0.5) is 5.69 Å². The summed E-state index contributed by atoms with van der Waals surface area (Å²) < 4.78 is 33.2. The first-order valence-electron chi connectivity index (χ1n) is 8.12. The Kier molecular flexibility index (Phi) is 5.69. The van der Waals surface area contributed by atoms with Gasteiger partial charge in [-0.15, -0.1) is 11.3 Å². The van der Waals surface area contributed by atoms with Crippen molar-refractivity contribution in [3.8, 4) is 0 Å². The number of aryl methyl sites for hydroxylation is 1. The normalized spacial score (nSPS) is 11.5. The lowest BCUT2D eigenvalue weighted by Crippen LogP contribution is -2.36. The van der Waals surface area contributed by atoms with Crippen molar-refractivity contribution in [2.75, 3.05) is 17.5 Å². The Hall–Kier alpha value is -2.16. The van der Waals surface area contributed by atoms with Crippen LogP contribution in [0.5, 0.6) is 0 Å². The predicted molar refractivity (Wildman–Crippen MR) is 107 cm³/mol. The van der Waals surface area contributed by atoms with Crippen molar-refractivity contribution >= 4 is 54.8 Å². The molecule has 0 saturated carbocycles. The molecule has 0 aliphatic heterocycles. The number of anilines is 1. The highest BCUT2D eigenvalue weighted by molar-refractivity contribution is 7.92. The van der Waals surface area contributed by atoms with Gasteiger partial charge in [0, 0.05) is 5.02 Å². The minimum Gasteiger partial charge on any atom is -0.465 e. The number of fused-ring (bicyclic) bond motifs is 1. The Bertz CT molecular complexity index is 1080. The number of carbonyl (C=O) groups excluding carboxylic acids is 1. The van der Waals surface area contributed by atoms with Crippen LogP contribution in [0.1, 0.15) is 11.9 Å². The molecule has 0 fully saturated rings. The zero-order valence-corrected chi connectivity index (χ0v) is 17.1. The Morgan fingerprint density at radius 2 is 1.93 bits per heavy atom.